The first-order chi connectivity index (χ1) is 11.5. The zero-order valence-corrected chi connectivity index (χ0v) is 13.9. The van der Waals surface area contributed by atoms with Gasteiger partial charge in [-0.1, -0.05) is 24.1 Å². The summed E-state index contributed by atoms with van der Waals surface area (Å²) in [5, 5.41) is 3.15. The molecule has 0 aromatic carbocycles. The molecule has 2 heterocycles. The first-order valence-corrected chi connectivity index (χ1v) is 8.47. The van der Waals surface area contributed by atoms with Gasteiger partial charge in [0.2, 0.25) is 0 Å². The third kappa shape index (κ3) is 3.53. The minimum atomic E-state index is -2.49. The molecule has 1 saturated carbocycles. The second-order valence-corrected chi connectivity index (χ2v) is 6.62. The summed E-state index contributed by atoms with van der Waals surface area (Å²) in [6, 6.07) is 3.41. The minimum absolute atomic E-state index is 0.288. The van der Waals surface area contributed by atoms with Gasteiger partial charge in [-0.05, 0) is 37.3 Å². The van der Waals surface area contributed by atoms with E-state index < -0.39 is 24.5 Å². The zero-order valence-electron chi connectivity index (χ0n) is 13.2. The van der Waals surface area contributed by atoms with Crippen molar-refractivity contribution in [1.82, 2.24) is 10.3 Å². The number of ether oxygens (including phenoxy) is 1. The number of pyridine rings is 1. The van der Waals surface area contributed by atoms with Crippen LogP contribution in [0.3, 0.4) is 0 Å². The summed E-state index contributed by atoms with van der Waals surface area (Å²) < 4.78 is 31.1. The van der Waals surface area contributed by atoms with Crippen LogP contribution in [0.5, 0.6) is 0 Å². The van der Waals surface area contributed by atoms with Crippen molar-refractivity contribution < 1.29 is 18.3 Å². The van der Waals surface area contributed by atoms with Gasteiger partial charge in [0.15, 0.2) is 5.60 Å². The van der Waals surface area contributed by atoms with Crippen molar-refractivity contribution in [3.8, 4) is 0 Å². The van der Waals surface area contributed by atoms with E-state index in [1.807, 2.05) is 0 Å². The number of aromatic nitrogens is 1. The highest BCUT2D eigenvalue weighted by Crippen LogP contribution is 2.43. The maximum absolute atomic E-state index is 12.7. The van der Waals surface area contributed by atoms with Crippen LogP contribution in [0.15, 0.2) is 29.6 Å². The Kier molecular flexibility index (Phi) is 5.04. The molecule has 1 fully saturated rings. The van der Waals surface area contributed by atoms with E-state index >= 15 is 0 Å². The van der Waals surface area contributed by atoms with Gasteiger partial charge >= 0.3 is 5.97 Å². The summed E-state index contributed by atoms with van der Waals surface area (Å²) in [4.78, 5) is 16.4. The second kappa shape index (κ2) is 7.05. The molecule has 2 aliphatic rings. The van der Waals surface area contributed by atoms with Gasteiger partial charge in [0, 0.05) is 12.6 Å². The number of alkyl halides is 2. The van der Waals surface area contributed by atoms with Crippen LogP contribution in [0.25, 0.3) is 0 Å². The quantitative estimate of drug-likeness (QED) is 0.646. The van der Waals surface area contributed by atoms with E-state index in [2.05, 4.69) is 10.3 Å². The van der Waals surface area contributed by atoms with Crippen LogP contribution in [0, 0.1) is 0 Å². The van der Waals surface area contributed by atoms with E-state index in [9.17, 15) is 13.6 Å². The average Bonchev–Trinajstić information content (AvgIpc) is 2.79. The van der Waals surface area contributed by atoms with Gasteiger partial charge in [-0.3, -0.25) is 0 Å². The average molecular weight is 357 g/mol. The molecule has 0 radical (unpaired) electrons. The lowest BCUT2D eigenvalue weighted by molar-refractivity contribution is -0.149. The molecule has 1 spiro atoms. The molecule has 4 nitrogen and oxygen atoms in total. The Hall–Kier alpha value is -1.69. The maximum Gasteiger partial charge on any atom is 0.337 e. The van der Waals surface area contributed by atoms with Crippen molar-refractivity contribution in [2.45, 2.75) is 50.6 Å². The van der Waals surface area contributed by atoms with Crippen LogP contribution in [0.1, 0.15) is 37.7 Å². The third-order valence-electron chi connectivity index (χ3n) is 4.56. The van der Waals surface area contributed by atoms with E-state index in [0.29, 0.717) is 29.3 Å². The highest BCUT2D eigenvalue weighted by atomic mass is 35.5. The van der Waals surface area contributed by atoms with Crippen LogP contribution in [-0.2, 0) is 16.0 Å². The largest absolute Gasteiger partial charge is 0.449 e. The highest BCUT2D eigenvalue weighted by Gasteiger charge is 2.48. The Balaban J connectivity index is 1.91. The van der Waals surface area contributed by atoms with Crippen molar-refractivity contribution >= 4 is 17.6 Å². The lowest BCUT2D eigenvalue weighted by atomic mass is 9.81. The van der Waals surface area contributed by atoms with Gasteiger partial charge in [0.25, 0.3) is 6.43 Å². The number of esters is 1. The molecule has 0 unspecified atom stereocenters. The van der Waals surface area contributed by atoms with Gasteiger partial charge in [0.05, 0.1) is 17.8 Å². The molecular weight excluding hydrogens is 338 g/mol. The molecule has 0 atom stereocenters. The van der Waals surface area contributed by atoms with Crippen molar-refractivity contribution in [2.24, 2.45) is 0 Å². The van der Waals surface area contributed by atoms with Crippen LogP contribution < -0.4 is 5.32 Å². The summed E-state index contributed by atoms with van der Waals surface area (Å²) in [5.41, 5.74) is 0.971. The number of nitrogens with one attached hydrogen (secondary N) is 1. The molecule has 0 saturated heterocycles. The number of halogens is 3. The molecule has 130 valence electrons. The lowest BCUT2D eigenvalue weighted by Crippen LogP contribution is -2.41. The van der Waals surface area contributed by atoms with Crippen LogP contribution >= 0.6 is 11.6 Å². The Morgan fingerprint density at radius 3 is 2.67 bits per heavy atom. The molecule has 7 heteroatoms. The molecule has 1 aliphatic heterocycles. The summed E-state index contributed by atoms with van der Waals surface area (Å²) in [6.45, 7) is -0.490. The predicted molar refractivity (Wildman–Crippen MR) is 85.9 cm³/mol. The molecule has 1 N–H and O–H groups in total. The van der Waals surface area contributed by atoms with Crippen molar-refractivity contribution in [2.75, 3.05) is 6.54 Å². The number of rotatable bonds is 5. The Bertz CT molecular complexity index is 640. The van der Waals surface area contributed by atoms with Crippen molar-refractivity contribution in [3.63, 3.8) is 0 Å². The van der Waals surface area contributed by atoms with E-state index in [0.717, 1.165) is 24.8 Å². The van der Waals surface area contributed by atoms with E-state index in [-0.39, 0.29) is 6.42 Å². The summed E-state index contributed by atoms with van der Waals surface area (Å²) in [6.07, 6.45) is 3.63. The molecule has 0 amide bonds. The molecule has 0 bridgehead atoms. The molecule has 1 aromatic heterocycles. The predicted octanol–water partition coefficient (Wildman–Crippen LogP) is 3.65. The molecule has 1 aliphatic carbocycles. The Morgan fingerprint density at radius 2 is 2.04 bits per heavy atom. The van der Waals surface area contributed by atoms with Crippen molar-refractivity contribution in [1.29, 1.82) is 0 Å². The molecule has 3 rings (SSSR count). The van der Waals surface area contributed by atoms with Crippen molar-refractivity contribution in [3.05, 3.63) is 40.3 Å². The normalized spacial score (nSPS) is 19.9. The fraction of sp³-hybridized carbons (Fsp3) is 0.529. The fourth-order valence-electron chi connectivity index (χ4n) is 3.46. The van der Waals surface area contributed by atoms with Gasteiger partial charge in [-0.2, -0.15) is 0 Å². The number of hydrogen-bond donors (Lipinski definition) is 1. The SMILES string of the molecule is O=C1OC2(CCCCC2)C(NCC(F)F)=C1Cc1ccc(Cl)nc1. The van der Waals surface area contributed by atoms with E-state index in [1.54, 1.807) is 18.3 Å². The summed E-state index contributed by atoms with van der Waals surface area (Å²) in [5.74, 6) is -0.427. The fourth-order valence-corrected chi connectivity index (χ4v) is 3.58. The van der Waals surface area contributed by atoms with Gasteiger partial charge in [-0.25, -0.2) is 18.6 Å². The molecular formula is C17H19ClF2N2O2. The van der Waals surface area contributed by atoms with E-state index in [4.69, 9.17) is 16.3 Å². The molecule has 24 heavy (non-hydrogen) atoms. The zero-order chi connectivity index (χ0) is 17.2. The minimum Gasteiger partial charge on any atom is -0.449 e. The Labute approximate surface area is 144 Å². The van der Waals surface area contributed by atoms with Crippen LogP contribution in [0.2, 0.25) is 5.15 Å². The first kappa shape index (κ1) is 17.1. The topological polar surface area (TPSA) is 51.2 Å². The van der Waals surface area contributed by atoms with E-state index in [1.165, 1.54) is 0 Å². The van der Waals surface area contributed by atoms with Crippen LogP contribution in [-0.4, -0.2) is 29.5 Å². The number of carbonyl (C=O) groups excluding carboxylic acids is 1. The lowest BCUT2D eigenvalue weighted by Gasteiger charge is -2.34. The highest BCUT2D eigenvalue weighted by molar-refractivity contribution is 6.29. The smallest absolute Gasteiger partial charge is 0.337 e. The Morgan fingerprint density at radius 1 is 1.29 bits per heavy atom. The first-order valence-electron chi connectivity index (χ1n) is 8.09. The van der Waals surface area contributed by atoms with Gasteiger partial charge in [0.1, 0.15) is 5.15 Å². The number of carbonyl (C=O) groups is 1. The third-order valence-corrected chi connectivity index (χ3v) is 4.78. The number of hydrogen-bond acceptors (Lipinski definition) is 4. The standard InChI is InChI=1S/C17H19ClF2N2O2/c18-13-5-4-11(9-21-13)8-12-15(22-10-14(19)20)17(24-16(12)23)6-2-1-3-7-17/h4-5,9,14,22H,1-3,6-8,10H2. The second-order valence-electron chi connectivity index (χ2n) is 6.24. The summed E-state index contributed by atoms with van der Waals surface area (Å²) in [7, 11) is 0. The van der Waals surface area contributed by atoms with Crippen LogP contribution in [0.4, 0.5) is 8.78 Å². The van der Waals surface area contributed by atoms with Gasteiger partial charge < -0.3 is 10.1 Å². The summed E-state index contributed by atoms with van der Waals surface area (Å²) >= 11 is 5.78. The molecule has 1 aromatic rings. The van der Waals surface area contributed by atoms with Gasteiger partial charge in [-0.15, -0.1) is 0 Å². The maximum atomic E-state index is 12.7. The monoisotopic (exact) mass is 356 g/mol. The number of nitrogens with zero attached hydrogens (tertiary/aromatic N) is 1.